The van der Waals surface area contributed by atoms with Crippen LogP contribution in [0.5, 0.6) is 0 Å². The molecule has 3 unspecified atom stereocenters. The molecule has 1 saturated heterocycles. The van der Waals surface area contributed by atoms with E-state index >= 15 is 0 Å². The normalized spacial score (nSPS) is 31.1. The fraction of sp³-hybridized carbons (Fsp3) is 0.929. The summed E-state index contributed by atoms with van der Waals surface area (Å²) < 4.78 is 0. The Kier molecular flexibility index (Phi) is 4.62. The molecule has 0 spiro atoms. The van der Waals surface area contributed by atoms with E-state index < -0.39 is 0 Å². The number of nitrogens with one attached hydrogen (secondary N) is 2. The van der Waals surface area contributed by atoms with Gasteiger partial charge in [-0.15, -0.1) is 0 Å². The fourth-order valence-electron chi connectivity index (χ4n) is 2.81. The van der Waals surface area contributed by atoms with Crippen LogP contribution in [-0.2, 0) is 4.79 Å². The third-order valence-corrected chi connectivity index (χ3v) is 4.25. The van der Waals surface area contributed by atoms with Gasteiger partial charge in [-0.05, 0) is 38.6 Å². The van der Waals surface area contributed by atoms with Crippen molar-refractivity contribution in [3.63, 3.8) is 0 Å². The Balaban J connectivity index is 1.80. The van der Waals surface area contributed by atoms with Gasteiger partial charge >= 0.3 is 0 Å². The summed E-state index contributed by atoms with van der Waals surface area (Å²) in [4.78, 5) is 14.4. The maximum absolute atomic E-state index is 12.0. The number of carbonyl (C=O) groups excluding carboxylic acids is 1. The van der Waals surface area contributed by atoms with Crippen LogP contribution in [0.25, 0.3) is 0 Å². The van der Waals surface area contributed by atoms with Gasteiger partial charge in [-0.3, -0.25) is 9.69 Å². The topological polar surface area (TPSA) is 44.4 Å². The zero-order chi connectivity index (χ0) is 13.1. The highest BCUT2D eigenvalue weighted by Crippen LogP contribution is 2.21. The highest BCUT2D eigenvalue weighted by molar-refractivity contribution is 5.81. The molecule has 2 rings (SSSR count). The number of carbonyl (C=O) groups is 1. The summed E-state index contributed by atoms with van der Waals surface area (Å²) >= 11 is 0. The minimum Gasteiger partial charge on any atom is -0.352 e. The first kappa shape index (κ1) is 13.8. The Labute approximate surface area is 110 Å². The fourth-order valence-corrected chi connectivity index (χ4v) is 2.81. The Morgan fingerprint density at radius 1 is 1.39 bits per heavy atom. The first-order valence-corrected chi connectivity index (χ1v) is 7.39. The van der Waals surface area contributed by atoms with Crippen LogP contribution in [0.4, 0.5) is 0 Å². The molecule has 4 nitrogen and oxygen atoms in total. The van der Waals surface area contributed by atoms with Crippen molar-refractivity contribution in [3.05, 3.63) is 0 Å². The summed E-state index contributed by atoms with van der Waals surface area (Å²) in [5, 5.41) is 6.64. The van der Waals surface area contributed by atoms with Crippen LogP contribution in [0.15, 0.2) is 0 Å². The number of piperidine rings is 1. The molecular formula is C14H27N3O. The first-order chi connectivity index (χ1) is 8.61. The lowest BCUT2D eigenvalue weighted by Crippen LogP contribution is -2.54. The molecule has 2 N–H and O–H groups in total. The van der Waals surface area contributed by atoms with Gasteiger partial charge in [-0.25, -0.2) is 0 Å². The molecule has 1 heterocycles. The van der Waals surface area contributed by atoms with Crippen molar-refractivity contribution in [1.29, 1.82) is 0 Å². The van der Waals surface area contributed by atoms with E-state index in [1.807, 2.05) is 6.92 Å². The van der Waals surface area contributed by atoms with Gasteiger partial charge in [0.1, 0.15) is 0 Å². The Bertz CT molecular complexity index is 291. The number of nitrogens with zero attached hydrogens (tertiary/aromatic N) is 1. The van der Waals surface area contributed by atoms with Gasteiger partial charge in [0.2, 0.25) is 5.91 Å². The number of likely N-dealkylation sites (tertiary alicyclic amines) is 1. The molecule has 0 aromatic heterocycles. The molecule has 0 bridgehead atoms. The monoisotopic (exact) mass is 253 g/mol. The predicted molar refractivity (Wildman–Crippen MR) is 73.4 cm³/mol. The first-order valence-electron chi connectivity index (χ1n) is 7.39. The van der Waals surface area contributed by atoms with E-state index in [0.717, 1.165) is 38.9 Å². The number of amides is 1. The molecule has 1 saturated carbocycles. The van der Waals surface area contributed by atoms with Crippen LogP contribution in [0, 0.1) is 5.92 Å². The van der Waals surface area contributed by atoms with Crippen molar-refractivity contribution in [1.82, 2.24) is 15.5 Å². The molecule has 1 aliphatic carbocycles. The highest BCUT2D eigenvalue weighted by atomic mass is 16.2. The second-order valence-corrected chi connectivity index (χ2v) is 5.88. The second kappa shape index (κ2) is 6.02. The molecule has 1 aliphatic heterocycles. The van der Waals surface area contributed by atoms with E-state index in [2.05, 4.69) is 29.4 Å². The average molecular weight is 253 g/mol. The van der Waals surface area contributed by atoms with Crippen LogP contribution >= 0.6 is 0 Å². The minimum absolute atomic E-state index is 0.0237. The summed E-state index contributed by atoms with van der Waals surface area (Å²) in [5.74, 6) is 0.835. The minimum atomic E-state index is 0.0237. The summed E-state index contributed by atoms with van der Waals surface area (Å²) in [7, 11) is 0. The number of hydrogen-bond donors (Lipinski definition) is 2. The van der Waals surface area contributed by atoms with Crippen LogP contribution < -0.4 is 10.6 Å². The lowest BCUT2D eigenvalue weighted by molar-refractivity contribution is -0.126. The highest BCUT2D eigenvalue weighted by Gasteiger charge is 2.32. The van der Waals surface area contributed by atoms with Gasteiger partial charge in [0.05, 0.1) is 6.04 Å². The van der Waals surface area contributed by atoms with Crippen molar-refractivity contribution in [2.45, 2.75) is 58.2 Å². The van der Waals surface area contributed by atoms with Crippen molar-refractivity contribution >= 4 is 5.91 Å². The summed E-state index contributed by atoms with van der Waals surface area (Å²) in [5.41, 5.74) is 0. The SMILES string of the molecule is CCNC1CCN(C(C)C(=O)NC2CC2)CC1C. The Hall–Kier alpha value is -0.610. The van der Waals surface area contributed by atoms with E-state index in [0.29, 0.717) is 18.0 Å². The maximum Gasteiger partial charge on any atom is 0.237 e. The van der Waals surface area contributed by atoms with Crippen molar-refractivity contribution in [2.24, 2.45) is 5.92 Å². The average Bonchev–Trinajstić information content (AvgIpc) is 3.15. The zero-order valence-corrected chi connectivity index (χ0v) is 11.9. The van der Waals surface area contributed by atoms with Crippen molar-refractivity contribution in [3.8, 4) is 0 Å². The Morgan fingerprint density at radius 2 is 2.11 bits per heavy atom. The molecule has 4 heteroatoms. The third kappa shape index (κ3) is 3.45. The molecule has 18 heavy (non-hydrogen) atoms. The van der Waals surface area contributed by atoms with E-state index in [4.69, 9.17) is 0 Å². The molecule has 0 aromatic carbocycles. The van der Waals surface area contributed by atoms with E-state index in [1.165, 1.54) is 0 Å². The van der Waals surface area contributed by atoms with Gasteiger partial charge in [-0.1, -0.05) is 13.8 Å². The zero-order valence-electron chi connectivity index (χ0n) is 11.9. The maximum atomic E-state index is 12.0. The molecule has 0 radical (unpaired) electrons. The van der Waals surface area contributed by atoms with Crippen LogP contribution in [0.1, 0.15) is 40.0 Å². The van der Waals surface area contributed by atoms with Gasteiger partial charge in [0, 0.05) is 25.2 Å². The van der Waals surface area contributed by atoms with Gasteiger partial charge < -0.3 is 10.6 Å². The molecule has 1 amide bonds. The lowest BCUT2D eigenvalue weighted by atomic mass is 9.93. The van der Waals surface area contributed by atoms with E-state index in [1.54, 1.807) is 0 Å². The van der Waals surface area contributed by atoms with E-state index in [-0.39, 0.29) is 11.9 Å². The lowest BCUT2D eigenvalue weighted by Gasteiger charge is -2.39. The van der Waals surface area contributed by atoms with Crippen LogP contribution in [0.3, 0.4) is 0 Å². The second-order valence-electron chi connectivity index (χ2n) is 5.88. The van der Waals surface area contributed by atoms with Crippen molar-refractivity contribution in [2.75, 3.05) is 19.6 Å². The van der Waals surface area contributed by atoms with Crippen LogP contribution in [0.2, 0.25) is 0 Å². The standard InChI is InChI=1S/C14H27N3O/c1-4-15-13-7-8-17(9-10(13)2)11(3)14(18)16-12-5-6-12/h10-13,15H,4-9H2,1-3H3,(H,16,18). The molecule has 104 valence electrons. The number of hydrogen-bond acceptors (Lipinski definition) is 3. The molecule has 0 aromatic rings. The van der Waals surface area contributed by atoms with Crippen molar-refractivity contribution < 1.29 is 4.79 Å². The third-order valence-electron chi connectivity index (χ3n) is 4.25. The summed E-state index contributed by atoms with van der Waals surface area (Å²) in [6.45, 7) is 9.57. The van der Waals surface area contributed by atoms with Gasteiger partial charge in [0.15, 0.2) is 0 Å². The van der Waals surface area contributed by atoms with Gasteiger partial charge in [-0.2, -0.15) is 0 Å². The molecule has 2 aliphatic rings. The Morgan fingerprint density at radius 3 is 2.67 bits per heavy atom. The molecule has 3 atom stereocenters. The van der Waals surface area contributed by atoms with E-state index in [9.17, 15) is 4.79 Å². The molecular weight excluding hydrogens is 226 g/mol. The summed E-state index contributed by atoms with van der Waals surface area (Å²) in [6.07, 6.45) is 3.48. The molecule has 2 fully saturated rings. The van der Waals surface area contributed by atoms with Gasteiger partial charge in [0.25, 0.3) is 0 Å². The van der Waals surface area contributed by atoms with Crippen LogP contribution in [-0.4, -0.2) is 48.6 Å². The number of rotatable bonds is 5. The quantitative estimate of drug-likeness (QED) is 0.767. The largest absolute Gasteiger partial charge is 0.352 e. The predicted octanol–water partition coefficient (Wildman–Crippen LogP) is 0.973. The smallest absolute Gasteiger partial charge is 0.237 e. The summed E-state index contributed by atoms with van der Waals surface area (Å²) in [6, 6.07) is 1.11.